The molecule has 2 aromatic rings. The predicted molar refractivity (Wildman–Crippen MR) is 91.7 cm³/mol. The van der Waals surface area contributed by atoms with Gasteiger partial charge in [-0.15, -0.1) is 0 Å². The lowest BCUT2D eigenvalue weighted by Gasteiger charge is -2.31. The molecule has 0 saturated heterocycles. The molecule has 128 valence electrons. The van der Waals surface area contributed by atoms with Gasteiger partial charge in [0.25, 0.3) is 11.8 Å². The van der Waals surface area contributed by atoms with E-state index in [4.69, 9.17) is 0 Å². The van der Waals surface area contributed by atoms with Crippen LogP contribution >= 0.6 is 0 Å². The molecule has 1 atom stereocenters. The Balaban J connectivity index is 1.62. The summed E-state index contributed by atoms with van der Waals surface area (Å²) < 4.78 is 0. The lowest BCUT2D eigenvalue weighted by Crippen LogP contribution is -2.48. The summed E-state index contributed by atoms with van der Waals surface area (Å²) in [5.41, 5.74) is 1.08. The molecule has 4 N–H and O–H groups in total. The summed E-state index contributed by atoms with van der Waals surface area (Å²) >= 11 is 0. The van der Waals surface area contributed by atoms with E-state index in [1.807, 2.05) is 0 Å². The van der Waals surface area contributed by atoms with Crippen molar-refractivity contribution in [2.75, 3.05) is 6.54 Å². The maximum absolute atomic E-state index is 12.4. The molecule has 0 spiro atoms. The second-order valence-electron chi connectivity index (χ2n) is 6.36. The minimum absolute atomic E-state index is 0.0555. The molecule has 0 bridgehead atoms. The summed E-state index contributed by atoms with van der Waals surface area (Å²) in [5, 5.41) is 6.03. The second-order valence-corrected chi connectivity index (χ2v) is 6.36. The van der Waals surface area contributed by atoms with Crippen molar-refractivity contribution in [3.8, 4) is 0 Å². The van der Waals surface area contributed by atoms with Crippen LogP contribution < -0.4 is 10.6 Å². The number of H-pyrrole nitrogens is 2. The summed E-state index contributed by atoms with van der Waals surface area (Å²) in [7, 11) is 0. The van der Waals surface area contributed by atoms with Crippen LogP contribution in [0.15, 0.2) is 36.7 Å². The van der Waals surface area contributed by atoms with Crippen LogP contribution in [-0.2, 0) is 0 Å². The van der Waals surface area contributed by atoms with Crippen molar-refractivity contribution in [2.45, 2.75) is 38.1 Å². The van der Waals surface area contributed by atoms with Crippen LogP contribution in [0, 0.1) is 5.92 Å². The quantitative estimate of drug-likeness (QED) is 0.656. The number of hydrogen-bond donors (Lipinski definition) is 4. The summed E-state index contributed by atoms with van der Waals surface area (Å²) in [6, 6.07) is 7.03. The first kappa shape index (κ1) is 16.4. The normalized spacial score (nSPS) is 16.5. The van der Waals surface area contributed by atoms with Gasteiger partial charge in [-0.2, -0.15) is 0 Å². The lowest BCUT2D eigenvalue weighted by atomic mass is 9.83. The average Bonchev–Trinajstić information content (AvgIpc) is 3.32. The topological polar surface area (TPSA) is 89.8 Å². The molecule has 0 unspecified atom stereocenters. The van der Waals surface area contributed by atoms with Gasteiger partial charge in [0.1, 0.15) is 11.4 Å². The molecule has 1 aliphatic carbocycles. The van der Waals surface area contributed by atoms with Gasteiger partial charge in [-0.25, -0.2) is 0 Å². The summed E-state index contributed by atoms with van der Waals surface area (Å²) in [6.45, 7) is 0.439. The summed E-state index contributed by atoms with van der Waals surface area (Å²) in [6.07, 6.45) is 9.26. The van der Waals surface area contributed by atoms with Crippen LogP contribution in [0.3, 0.4) is 0 Å². The van der Waals surface area contributed by atoms with Crippen molar-refractivity contribution < 1.29 is 9.59 Å². The monoisotopic (exact) mass is 328 g/mol. The molecule has 0 radical (unpaired) electrons. The fourth-order valence-corrected chi connectivity index (χ4v) is 3.36. The highest BCUT2D eigenvalue weighted by Gasteiger charge is 2.26. The number of aromatic nitrogens is 2. The summed E-state index contributed by atoms with van der Waals surface area (Å²) in [5.74, 6) is 0.140. The fourth-order valence-electron chi connectivity index (χ4n) is 3.36. The van der Waals surface area contributed by atoms with Crippen LogP contribution in [0.25, 0.3) is 0 Å². The smallest absolute Gasteiger partial charge is 0.267 e. The minimum Gasteiger partial charge on any atom is -0.357 e. The van der Waals surface area contributed by atoms with E-state index in [0.717, 1.165) is 12.8 Å². The Morgan fingerprint density at radius 2 is 1.62 bits per heavy atom. The zero-order valence-electron chi connectivity index (χ0n) is 13.7. The Morgan fingerprint density at radius 1 is 1.00 bits per heavy atom. The third kappa shape index (κ3) is 4.07. The lowest BCUT2D eigenvalue weighted by molar-refractivity contribution is 0.0878. The number of rotatable bonds is 6. The highest BCUT2D eigenvalue weighted by Crippen LogP contribution is 2.26. The van der Waals surface area contributed by atoms with Gasteiger partial charge in [-0.1, -0.05) is 19.3 Å². The Labute approximate surface area is 141 Å². The third-order valence-corrected chi connectivity index (χ3v) is 4.70. The molecule has 0 aliphatic heterocycles. The molecule has 2 amide bonds. The number of aromatic amines is 2. The zero-order valence-corrected chi connectivity index (χ0v) is 13.7. The van der Waals surface area contributed by atoms with Gasteiger partial charge in [-0.3, -0.25) is 9.59 Å². The number of nitrogens with one attached hydrogen (secondary N) is 4. The van der Waals surface area contributed by atoms with E-state index >= 15 is 0 Å². The first-order valence-corrected chi connectivity index (χ1v) is 8.60. The molecule has 2 heterocycles. The number of carbonyl (C=O) groups is 2. The molecule has 0 aromatic carbocycles. The van der Waals surface area contributed by atoms with Crippen LogP contribution in [0.4, 0.5) is 0 Å². The second kappa shape index (κ2) is 7.86. The van der Waals surface area contributed by atoms with Gasteiger partial charge in [0.15, 0.2) is 0 Å². The van der Waals surface area contributed by atoms with E-state index in [9.17, 15) is 9.59 Å². The largest absolute Gasteiger partial charge is 0.357 e. The predicted octanol–water partition coefficient (Wildman–Crippen LogP) is 2.45. The SMILES string of the molecule is O=C(NC[C@@H](NC(=O)c1ccc[nH]1)C1CCCCC1)c1ccc[nH]1. The maximum atomic E-state index is 12.4. The fraction of sp³-hybridized carbons (Fsp3) is 0.444. The first-order valence-electron chi connectivity index (χ1n) is 8.60. The van der Waals surface area contributed by atoms with Gasteiger partial charge in [0.05, 0.1) is 0 Å². The van der Waals surface area contributed by atoms with Crippen molar-refractivity contribution in [3.63, 3.8) is 0 Å². The van der Waals surface area contributed by atoms with Crippen molar-refractivity contribution >= 4 is 11.8 Å². The summed E-state index contributed by atoms with van der Waals surface area (Å²) in [4.78, 5) is 30.3. The van der Waals surface area contributed by atoms with Gasteiger partial charge in [0.2, 0.25) is 0 Å². The average molecular weight is 328 g/mol. The van der Waals surface area contributed by atoms with Crippen molar-refractivity contribution in [1.82, 2.24) is 20.6 Å². The van der Waals surface area contributed by atoms with Gasteiger partial charge < -0.3 is 20.6 Å². The first-order chi connectivity index (χ1) is 11.7. The van der Waals surface area contributed by atoms with E-state index in [0.29, 0.717) is 23.9 Å². The van der Waals surface area contributed by atoms with Crippen molar-refractivity contribution in [1.29, 1.82) is 0 Å². The molecule has 3 rings (SSSR count). The Morgan fingerprint density at radius 3 is 2.21 bits per heavy atom. The third-order valence-electron chi connectivity index (χ3n) is 4.70. The standard InChI is InChI=1S/C18H24N4O2/c23-17(14-8-4-10-19-14)21-12-16(13-6-2-1-3-7-13)22-18(24)15-9-5-11-20-15/h4-5,8-11,13,16,19-20H,1-3,6-7,12H2,(H,21,23)(H,22,24)/t16-/m1/s1. The Bertz CT molecular complexity index is 643. The van der Waals surface area contributed by atoms with Crippen LogP contribution in [0.5, 0.6) is 0 Å². The van der Waals surface area contributed by atoms with E-state index in [1.165, 1.54) is 19.3 Å². The zero-order chi connectivity index (χ0) is 16.8. The molecule has 1 saturated carbocycles. The molecule has 1 aliphatic rings. The molecule has 24 heavy (non-hydrogen) atoms. The van der Waals surface area contributed by atoms with Gasteiger partial charge in [0, 0.05) is 25.0 Å². The van der Waals surface area contributed by atoms with E-state index in [1.54, 1.807) is 36.7 Å². The maximum Gasteiger partial charge on any atom is 0.267 e. The van der Waals surface area contributed by atoms with Crippen LogP contribution in [-0.4, -0.2) is 34.4 Å². The number of carbonyl (C=O) groups excluding carboxylic acids is 2. The Hall–Kier alpha value is -2.50. The van der Waals surface area contributed by atoms with Crippen LogP contribution in [0.1, 0.15) is 53.1 Å². The van der Waals surface area contributed by atoms with E-state index in [-0.39, 0.29) is 17.9 Å². The van der Waals surface area contributed by atoms with Crippen LogP contribution in [0.2, 0.25) is 0 Å². The van der Waals surface area contributed by atoms with E-state index in [2.05, 4.69) is 20.6 Å². The molecule has 2 aromatic heterocycles. The van der Waals surface area contributed by atoms with Gasteiger partial charge in [-0.05, 0) is 43.0 Å². The number of hydrogen-bond acceptors (Lipinski definition) is 2. The van der Waals surface area contributed by atoms with Crippen molar-refractivity contribution in [3.05, 3.63) is 48.0 Å². The molecule has 6 nitrogen and oxygen atoms in total. The highest BCUT2D eigenvalue weighted by atomic mass is 16.2. The molecule has 6 heteroatoms. The minimum atomic E-state index is -0.144. The molecular weight excluding hydrogens is 304 g/mol. The van der Waals surface area contributed by atoms with Gasteiger partial charge >= 0.3 is 0 Å². The van der Waals surface area contributed by atoms with E-state index < -0.39 is 0 Å². The Kier molecular flexibility index (Phi) is 5.36. The molecular formula is C18H24N4O2. The highest BCUT2D eigenvalue weighted by molar-refractivity contribution is 5.93. The number of amides is 2. The van der Waals surface area contributed by atoms with Crippen molar-refractivity contribution in [2.24, 2.45) is 5.92 Å². The molecule has 1 fully saturated rings.